The summed E-state index contributed by atoms with van der Waals surface area (Å²) in [6.07, 6.45) is 0. The number of rotatable bonds is 6. The minimum atomic E-state index is -1.31. The first-order chi connectivity index (χ1) is 15.3. The number of ether oxygens (including phenoxy) is 2. The van der Waals surface area contributed by atoms with Crippen LogP contribution in [0.25, 0.3) is 0 Å². The smallest absolute Gasteiger partial charge is 0.335 e. The van der Waals surface area contributed by atoms with Gasteiger partial charge in [0.15, 0.2) is 0 Å². The Kier molecular flexibility index (Phi) is 5.31. The molecule has 0 radical (unpaired) electrons. The van der Waals surface area contributed by atoms with E-state index in [2.05, 4.69) is 5.32 Å². The van der Waals surface area contributed by atoms with E-state index in [0.717, 1.165) is 4.90 Å². The van der Waals surface area contributed by atoms with Crippen LogP contribution in [0.5, 0.6) is 11.5 Å². The van der Waals surface area contributed by atoms with Gasteiger partial charge in [-0.1, -0.05) is 6.07 Å². The summed E-state index contributed by atoms with van der Waals surface area (Å²) in [7, 11) is 2.91. The van der Waals surface area contributed by atoms with Gasteiger partial charge in [-0.05, 0) is 36.4 Å². The number of nitrogens with zero attached hydrogens (tertiary/aromatic N) is 1. The van der Waals surface area contributed by atoms with Gasteiger partial charge in [0.1, 0.15) is 17.5 Å². The zero-order valence-electron chi connectivity index (χ0n) is 17.1. The van der Waals surface area contributed by atoms with E-state index >= 15 is 0 Å². The Morgan fingerprint density at radius 3 is 2.31 bits per heavy atom. The predicted octanol–water partition coefficient (Wildman–Crippen LogP) is 1.31. The maximum absolute atomic E-state index is 13.4. The van der Waals surface area contributed by atoms with Crippen molar-refractivity contribution in [2.45, 2.75) is 12.1 Å². The van der Waals surface area contributed by atoms with Crippen LogP contribution in [0.2, 0.25) is 0 Å². The van der Waals surface area contributed by atoms with Crippen molar-refractivity contribution >= 4 is 29.4 Å². The molecular weight excluding hydrogens is 420 g/mol. The zero-order valence-corrected chi connectivity index (χ0v) is 17.1. The highest BCUT2D eigenvalue weighted by molar-refractivity contribution is 6.24. The number of fused-ring (bicyclic) bond motifs is 1. The number of hydrogen-bond donors (Lipinski definition) is 3. The van der Waals surface area contributed by atoms with Gasteiger partial charge in [-0.2, -0.15) is 0 Å². The van der Waals surface area contributed by atoms with Gasteiger partial charge < -0.3 is 19.7 Å². The van der Waals surface area contributed by atoms with Crippen molar-refractivity contribution in [2.24, 2.45) is 11.8 Å². The minimum Gasteiger partial charge on any atom is -0.497 e. The summed E-state index contributed by atoms with van der Waals surface area (Å²) in [5.41, 5.74) is 0.460. The molecule has 2 fully saturated rings. The molecule has 0 spiro atoms. The molecule has 4 rings (SSSR count). The fraction of sp³-hybridized carbons (Fsp3) is 0.273. The van der Waals surface area contributed by atoms with Crippen LogP contribution >= 0.6 is 0 Å². The lowest BCUT2D eigenvalue weighted by Crippen LogP contribution is -2.43. The number of amides is 2. The van der Waals surface area contributed by atoms with E-state index < -0.39 is 47.7 Å². The van der Waals surface area contributed by atoms with Crippen LogP contribution < -0.4 is 19.7 Å². The first-order valence-electron chi connectivity index (χ1n) is 9.70. The monoisotopic (exact) mass is 440 g/mol. The lowest BCUT2D eigenvalue weighted by Gasteiger charge is -2.23. The molecule has 32 heavy (non-hydrogen) atoms. The molecule has 10 heteroatoms. The van der Waals surface area contributed by atoms with Crippen molar-refractivity contribution in [3.63, 3.8) is 0 Å². The van der Waals surface area contributed by atoms with Crippen LogP contribution in [-0.4, -0.2) is 54.2 Å². The third-order valence-electron chi connectivity index (χ3n) is 5.86. The SMILES string of the molecule is COc1ccc(OC)c([C@@H]2N[C@H](C(=O)O)[C@H]3C(=O)N(c4cccc(C(=O)O)c4)C(=O)[C@@H]32)c1. The standard InChI is InChI=1S/C22H20N2O8/c1-31-12-6-7-14(32-2)13(9-12)17-15-16(18(23-17)22(29)30)20(26)24(19(15)25)11-5-3-4-10(8-11)21(27)28/h3-9,15-18,23H,1-2H3,(H,27,28)(H,29,30)/t15-,16-,17-,18-/m0/s1. The van der Waals surface area contributed by atoms with E-state index in [-0.39, 0.29) is 11.3 Å². The number of carbonyl (C=O) groups excluding carboxylic acids is 2. The third-order valence-corrected chi connectivity index (χ3v) is 5.86. The summed E-state index contributed by atoms with van der Waals surface area (Å²) in [6.45, 7) is 0. The van der Waals surface area contributed by atoms with Crippen LogP contribution in [0.4, 0.5) is 5.69 Å². The van der Waals surface area contributed by atoms with Crippen LogP contribution in [0.15, 0.2) is 42.5 Å². The molecule has 0 aliphatic carbocycles. The molecule has 2 aromatic rings. The molecule has 2 heterocycles. The van der Waals surface area contributed by atoms with Gasteiger partial charge in [-0.3, -0.25) is 19.7 Å². The molecular formula is C22H20N2O8. The molecule has 2 aliphatic rings. The fourth-order valence-electron chi connectivity index (χ4n) is 4.44. The van der Waals surface area contributed by atoms with Gasteiger partial charge in [0, 0.05) is 11.6 Å². The number of nitrogens with one attached hydrogen (secondary N) is 1. The van der Waals surface area contributed by atoms with E-state index in [1.807, 2.05) is 0 Å². The average molecular weight is 440 g/mol. The van der Waals surface area contributed by atoms with Crippen molar-refractivity contribution in [1.82, 2.24) is 5.32 Å². The molecule has 2 saturated heterocycles. The second-order valence-electron chi connectivity index (χ2n) is 7.49. The number of benzene rings is 2. The van der Waals surface area contributed by atoms with E-state index in [0.29, 0.717) is 17.1 Å². The minimum absolute atomic E-state index is 0.0785. The van der Waals surface area contributed by atoms with Gasteiger partial charge in [-0.15, -0.1) is 0 Å². The Morgan fingerprint density at radius 2 is 1.69 bits per heavy atom. The largest absolute Gasteiger partial charge is 0.497 e. The number of aromatic carboxylic acids is 1. The van der Waals surface area contributed by atoms with Crippen molar-refractivity contribution in [2.75, 3.05) is 19.1 Å². The number of carbonyl (C=O) groups is 4. The summed E-state index contributed by atoms with van der Waals surface area (Å²) in [6, 6.07) is 8.18. The fourth-order valence-corrected chi connectivity index (χ4v) is 4.44. The first-order valence-corrected chi connectivity index (χ1v) is 9.70. The number of anilines is 1. The summed E-state index contributed by atoms with van der Waals surface area (Å²) >= 11 is 0. The van der Waals surface area contributed by atoms with Crippen LogP contribution in [0.1, 0.15) is 22.0 Å². The summed E-state index contributed by atoms with van der Waals surface area (Å²) in [5, 5.41) is 21.9. The van der Waals surface area contributed by atoms with E-state index in [9.17, 15) is 29.4 Å². The highest BCUT2D eigenvalue weighted by Crippen LogP contribution is 2.47. The molecule has 0 unspecified atom stereocenters. The topological polar surface area (TPSA) is 142 Å². The van der Waals surface area contributed by atoms with Gasteiger partial charge in [0.2, 0.25) is 11.8 Å². The van der Waals surface area contributed by atoms with E-state index in [1.54, 1.807) is 18.2 Å². The van der Waals surface area contributed by atoms with Gasteiger partial charge in [0.05, 0.1) is 37.3 Å². The zero-order chi connectivity index (χ0) is 23.2. The Morgan fingerprint density at radius 1 is 0.969 bits per heavy atom. The molecule has 3 N–H and O–H groups in total. The third kappa shape index (κ3) is 3.25. The summed E-state index contributed by atoms with van der Waals surface area (Å²) in [4.78, 5) is 50.9. The van der Waals surface area contributed by atoms with Crippen LogP contribution in [-0.2, 0) is 14.4 Å². The molecule has 166 valence electrons. The highest BCUT2D eigenvalue weighted by atomic mass is 16.5. The maximum Gasteiger partial charge on any atom is 0.335 e. The number of methoxy groups -OCH3 is 2. The first kappa shape index (κ1) is 21.3. The number of carboxylic acids is 2. The van der Waals surface area contributed by atoms with Crippen molar-refractivity contribution < 1.29 is 38.9 Å². The maximum atomic E-state index is 13.4. The molecule has 2 aromatic carbocycles. The molecule has 2 aliphatic heterocycles. The van der Waals surface area contributed by atoms with Gasteiger partial charge >= 0.3 is 11.9 Å². The Labute approximate surface area is 182 Å². The van der Waals surface area contributed by atoms with Crippen molar-refractivity contribution in [3.05, 3.63) is 53.6 Å². The average Bonchev–Trinajstić information content (AvgIpc) is 3.30. The lowest BCUT2D eigenvalue weighted by molar-refractivity contribution is -0.142. The van der Waals surface area contributed by atoms with Crippen LogP contribution in [0.3, 0.4) is 0 Å². The van der Waals surface area contributed by atoms with Crippen molar-refractivity contribution in [3.8, 4) is 11.5 Å². The Balaban J connectivity index is 1.81. The quantitative estimate of drug-likeness (QED) is 0.567. The molecule has 10 nitrogen and oxygen atoms in total. The molecule has 2 amide bonds. The summed E-state index contributed by atoms with van der Waals surface area (Å²) in [5.74, 6) is -5.13. The number of hydrogen-bond acceptors (Lipinski definition) is 7. The Hall–Kier alpha value is -3.92. The molecule has 4 atom stereocenters. The summed E-state index contributed by atoms with van der Waals surface area (Å²) < 4.78 is 10.7. The molecule has 0 saturated carbocycles. The number of imide groups is 1. The predicted molar refractivity (Wildman–Crippen MR) is 110 cm³/mol. The highest BCUT2D eigenvalue weighted by Gasteiger charge is 2.61. The number of aliphatic carboxylic acids is 1. The van der Waals surface area contributed by atoms with Gasteiger partial charge in [-0.25, -0.2) is 9.69 Å². The van der Waals surface area contributed by atoms with Gasteiger partial charge in [0.25, 0.3) is 0 Å². The van der Waals surface area contributed by atoms with E-state index in [4.69, 9.17) is 9.47 Å². The molecule has 0 aromatic heterocycles. The van der Waals surface area contributed by atoms with Crippen LogP contribution in [0, 0.1) is 11.8 Å². The van der Waals surface area contributed by atoms with E-state index in [1.165, 1.54) is 38.5 Å². The lowest BCUT2D eigenvalue weighted by atomic mass is 9.86. The molecule has 0 bridgehead atoms. The number of carboxylic acid groups (broad SMARTS) is 2. The second-order valence-corrected chi connectivity index (χ2v) is 7.49. The second kappa shape index (κ2) is 7.97. The van der Waals surface area contributed by atoms with Crippen molar-refractivity contribution in [1.29, 1.82) is 0 Å². The Bertz CT molecular complexity index is 1130. The normalized spacial score (nSPS) is 24.4.